The Labute approximate surface area is 152 Å². The number of hydrogen-bond donors (Lipinski definition) is 1. The highest BCUT2D eigenvalue weighted by Gasteiger charge is 2.28. The van der Waals surface area contributed by atoms with Gasteiger partial charge in [0.05, 0.1) is 4.90 Å². The van der Waals surface area contributed by atoms with Crippen molar-refractivity contribution in [3.05, 3.63) is 42.6 Å². The molecule has 1 aliphatic rings. The number of sulfonamides is 1. The number of carbonyl (C=O) groups excluding carboxylic acids is 1. The van der Waals surface area contributed by atoms with Gasteiger partial charge in [0.1, 0.15) is 0 Å². The molecule has 26 heavy (non-hydrogen) atoms. The lowest BCUT2D eigenvalue weighted by Gasteiger charge is -2.34. The van der Waals surface area contributed by atoms with Gasteiger partial charge in [0.15, 0.2) is 5.82 Å². The first-order valence-corrected chi connectivity index (χ1v) is 9.87. The average molecular weight is 375 g/mol. The first-order chi connectivity index (χ1) is 12.5. The van der Waals surface area contributed by atoms with E-state index in [1.807, 2.05) is 17.0 Å². The van der Waals surface area contributed by atoms with Crippen molar-refractivity contribution < 1.29 is 13.2 Å². The van der Waals surface area contributed by atoms with Crippen molar-refractivity contribution >= 4 is 27.4 Å². The van der Waals surface area contributed by atoms with Crippen LogP contribution in [0.25, 0.3) is 0 Å². The second kappa shape index (κ2) is 7.79. The number of rotatable bonds is 5. The van der Waals surface area contributed by atoms with Crippen LogP contribution in [-0.2, 0) is 14.8 Å². The van der Waals surface area contributed by atoms with Crippen LogP contribution in [-0.4, -0.2) is 55.0 Å². The van der Waals surface area contributed by atoms with E-state index in [0.717, 1.165) is 5.82 Å². The Kier molecular flexibility index (Phi) is 5.48. The molecule has 2 aromatic rings. The Morgan fingerprint density at radius 2 is 1.81 bits per heavy atom. The summed E-state index contributed by atoms with van der Waals surface area (Å²) in [5.41, 5.74) is 0.586. The summed E-state index contributed by atoms with van der Waals surface area (Å²) in [5.74, 6) is 0.640. The summed E-state index contributed by atoms with van der Waals surface area (Å²) in [4.78, 5) is 13.6. The monoisotopic (exact) mass is 375 g/mol. The molecule has 0 spiro atoms. The fourth-order valence-electron chi connectivity index (χ4n) is 2.73. The molecule has 0 radical (unpaired) electrons. The van der Waals surface area contributed by atoms with Crippen molar-refractivity contribution in [2.24, 2.45) is 0 Å². The number of carbonyl (C=O) groups is 1. The predicted molar refractivity (Wildman–Crippen MR) is 98.4 cm³/mol. The van der Waals surface area contributed by atoms with Crippen molar-refractivity contribution in [3.8, 4) is 0 Å². The minimum atomic E-state index is -3.56. The molecule has 1 aromatic heterocycles. The molecule has 0 aliphatic carbocycles. The summed E-state index contributed by atoms with van der Waals surface area (Å²) >= 11 is 0. The van der Waals surface area contributed by atoms with Gasteiger partial charge in [-0.1, -0.05) is 6.92 Å². The van der Waals surface area contributed by atoms with Crippen LogP contribution in [0.3, 0.4) is 0 Å². The highest BCUT2D eigenvalue weighted by atomic mass is 32.2. The summed E-state index contributed by atoms with van der Waals surface area (Å²) in [7, 11) is -3.56. The molecule has 1 amide bonds. The molecule has 1 aromatic carbocycles. The molecular weight excluding hydrogens is 354 g/mol. The number of amides is 1. The van der Waals surface area contributed by atoms with Crippen LogP contribution in [0.2, 0.25) is 0 Å². The molecular formula is C17H21N5O3S. The van der Waals surface area contributed by atoms with Crippen molar-refractivity contribution in [3.63, 3.8) is 0 Å². The number of anilines is 2. The second-order valence-electron chi connectivity index (χ2n) is 5.90. The third-order valence-corrected chi connectivity index (χ3v) is 6.13. The zero-order chi connectivity index (χ0) is 18.6. The lowest BCUT2D eigenvalue weighted by atomic mass is 10.3. The van der Waals surface area contributed by atoms with Crippen LogP contribution in [0.15, 0.2) is 47.5 Å². The van der Waals surface area contributed by atoms with Crippen LogP contribution < -0.4 is 10.2 Å². The van der Waals surface area contributed by atoms with Crippen LogP contribution in [0.5, 0.6) is 0 Å². The van der Waals surface area contributed by atoms with E-state index in [9.17, 15) is 13.2 Å². The summed E-state index contributed by atoms with van der Waals surface area (Å²) in [6, 6.07) is 9.93. The Bertz CT molecular complexity index is 848. The molecule has 0 atom stereocenters. The fourth-order valence-corrected chi connectivity index (χ4v) is 4.15. The molecule has 0 bridgehead atoms. The molecule has 1 aliphatic heterocycles. The van der Waals surface area contributed by atoms with Gasteiger partial charge in [-0.2, -0.15) is 9.40 Å². The van der Waals surface area contributed by atoms with E-state index >= 15 is 0 Å². The minimum Gasteiger partial charge on any atom is -0.352 e. The van der Waals surface area contributed by atoms with Crippen molar-refractivity contribution in [1.82, 2.24) is 14.5 Å². The van der Waals surface area contributed by atoms with Crippen molar-refractivity contribution in [2.75, 3.05) is 36.4 Å². The van der Waals surface area contributed by atoms with E-state index in [1.54, 1.807) is 25.3 Å². The van der Waals surface area contributed by atoms with E-state index in [4.69, 9.17) is 0 Å². The Balaban J connectivity index is 1.66. The predicted octanol–water partition coefficient (Wildman–Crippen LogP) is 1.34. The third kappa shape index (κ3) is 4.00. The Morgan fingerprint density at radius 1 is 1.12 bits per heavy atom. The normalized spacial score (nSPS) is 15.7. The van der Waals surface area contributed by atoms with E-state index in [2.05, 4.69) is 15.5 Å². The lowest BCUT2D eigenvalue weighted by molar-refractivity contribution is -0.115. The SMILES string of the molecule is CCC(=O)Nc1ccc(S(=O)(=O)N2CCN(c3cccnn3)CC2)cc1. The fraction of sp³-hybridized carbons (Fsp3) is 0.353. The maximum atomic E-state index is 12.8. The molecule has 1 N–H and O–H groups in total. The van der Waals surface area contributed by atoms with Crippen LogP contribution in [0.4, 0.5) is 11.5 Å². The first-order valence-electron chi connectivity index (χ1n) is 8.43. The molecule has 0 saturated carbocycles. The van der Waals surface area contributed by atoms with Gasteiger partial charge in [0, 0.05) is 44.5 Å². The maximum Gasteiger partial charge on any atom is 0.243 e. The number of hydrogen-bond acceptors (Lipinski definition) is 6. The standard InChI is InChI=1S/C17H21N5O3S/c1-2-17(23)19-14-5-7-15(8-6-14)26(24,25)22-12-10-21(11-13-22)16-4-3-9-18-20-16/h3-9H,2,10-13H2,1H3,(H,19,23). The van der Waals surface area contributed by atoms with Gasteiger partial charge >= 0.3 is 0 Å². The summed E-state index contributed by atoms with van der Waals surface area (Å²) < 4.78 is 27.1. The number of nitrogens with one attached hydrogen (secondary N) is 1. The smallest absolute Gasteiger partial charge is 0.243 e. The van der Waals surface area contributed by atoms with Crippen LogP contribution in [0.1, 0.15) is 13.3 Å². The van der Waals surface area contributed by atoms with Crippen LogP contribution in [0, 0.1) is 0 Å². The zero-order valence-corrected chi connectivity index (χ0v) is 15.3. The molecule has 138 valence electrons. The molecule has 8 nitrogen and oxygen atoms in total. The van der Waals surface area contributed by atoms with Crippen molar-refractivity contribution in [1.29, 1.82) is 0 Å². The Hall–Kier alpha value is -2.52. The molecule has 2 heterocycles. The minimum absolute atomic E-state index is 0.110. The van der Waals surface area contributed by atoms with Gasteiger partial charge in [-0.15, -0.1) is 5.10 Å². The lowest BCUT2D eigenvalue weighted by Crippen LogP contribution is -2.48. The van der Waals surface area contributed by atoms with Gasteiger partial charge in [0.2, 0.25) is 15.9 Å². The third-order valence-electron chi connectivity index (χ3n) is 4.22. The van der Waals surface area contributed by atoms with E-state index < -0.39 is 10.0 Å². The maximum absolute atomic E-state index is 12.8. The van der Waals surface area contributed by atoms with E-state index in [-0.39, 0.29) is 10.8 Å². The molecule has 9 heteroatoms. The van der Waals surface area contributed by atoms with Gasteiger partial charge in [-0.3, -0.25) is 4.79 Å². The summed E-state index contributed by atoms with van der Waals surface area (Å²) in [5, 5.41) is 10.6. The van der Waals surface area contributed by atoms with Gasteiger partial charge < -0.3 is 10.2 Å². The number of aromatic nitrogens is 2. The first kappa shape index (κ1) is 18.3. The largest absolute Gasteiger partial charge is 0.352 e. The Morgan fingerprint density at radius 3 is 2.38 bits per heavy atom. The second-order valence-corrected chi connectivity index (χ2v) is 7.84. The average Bonchev–Trinajstić information content (AvgIpc) is 2.69. The highest BCUT2D eigenvalue weighted by molar-refractivity contribution is 7.89. The zero-order valence-electron chi connectivity index (χ0n) is 14.5. The van der Waals surface area contributed by atoms with Crippen molar-refractivity contribution in [2.45, 2.75) is 18.2 Å². The number of nitrogens with zero attached hydrogens (tertiary/aromatic N) is 4. The van der Waals surface area contributed by atoms with E-state index in [0.29, 0.717) is 38.3 Å². The highest BCUT2D eigenvalue weighted by Crippen LogP contribution is 2.21. The molecule has 1 saturated heterocycles. The van der Waals surface area contributed by atoms with Gasteiger partial charge in [-0.05, 0) is 36.4 Å². The van der Waals surface area contributed by atoms with Crippen LogP contribution >= 0.6 is 0 Å². The summed E-state index contributed by atoms with van der Waals surface area (Å²) in [6.45, 7) is 3.64. The molecule has 1 fully saturated rings. The molecule has 3 rings (SSSR count). The van der Waals surface area contributed by atoms with Gasteiger partial charge in [0.25, 0.3) is 0 Å². The topological polar surface area (TPSA) is 95.5 Å². The number of benzene rings is 1. The van der Waals surface area contributed by atoms with E-state index in [1.165, 1.54) is 16.4 Å². The molecule has 0 unspecified atom stereocenters. The number of piperazine rings is 1. The quantitative estimate of drug-likeness (QED) is 0.847. The summed E-state index contributed by atoms with van der Waals surface area (Å²) in [6.07, 6.45) is 1.98. The van der Waals surface area contributed by atoms with Gasteiger partial charge in [-0.25, -0.2) is 8.42 Å².